The maximum Gasteiger partial charge on any atom is 0.0701 e. The zero-order valence-electron chi connectivity index (χ0n) is 31.8. The molecule has 2 heteroatoms. The van der Waals surface area contributed by atoms with Crippen LogP contribution >= 0.6 is 0 Å². The molecule has 1 atom stereocenters. The van der Waals surface area contributed by atoms with Gasteiger partial charge in [-0.3, -0.25) is 9.97 Å². The van der Waals surface area contributed by atoms with Gasteiger partial charge in [0, 0.05) is 23.5 Å². The molecule has 7 aromatic carbocycles. The molecular weight excluding hydrogens is 689 g/mol. The lowest BCUT2D eigenvalue weighted by atomic mass is 9.83. The van der Waals surface area contributed by atoms with Crippen LogP contribution in [0.1, 0.15) is 18.9 Å². The highest BCUT2D eigenvalue weighted by Gasteiger charge is 2.19. The first-order valence-corrected chi connectivity index (χ1v) is 19.8. The molecule has 2 nitrogen and oxygen atoms in total. The van der Waals surface area contributed by atoms with Gasteiger partial charge >= 0.3 is 0 Å². The van der Waals surface area contributed by atoms with Crippen LogP contribution in [0.15, 0.2) is 207 Å². The van der Waals surface area contributed by atoms with E-state index in [2.05, 4.69) is 187 Å². The van der Waals surface area contributed by atoms with Gasteiger partial charge in [-0.05, 0) is 138 Å². The van der Waals surface area contributed by atoms with Crippen LogP contribution in [-0.2, 0) is 0 Å². The van der Waals surface area contributed by atoms with Crippen LogP contribution in [0.4, 0.5) is 0 Å². The normalized spacial score (nSPS) is 13.8. The van der Waals surface area contributed by atoms with Gasteiger partial charge in [0.2, 0.25) is 0 Å². The molecule has 0 N–H and O–H groups in total. The number of allylic oxidation sites excluding steroid dienone is 4. The molecule has 2 aromatic heterocycles. The Kier molecular flexibility index (Phi) is 8.93. The molecule has 1 aliphatic carbocycles. The number of fused-ring (bicyclic) bond motifs is 2. The van der Waals surface area contributed by atoms with Crippen molar-refractivity contribution < 1.29 is 0 Å². The molecular formula is C55H40N2. The van der Waals surface area contributed by atoms with E-state index < -0.39 is 0 Å². The maximum atomic E-state index is 4.63. The summed E-state index contributed by atoms with van der Waals surface area (Å²) < 4.78 is 0. The van der Waals surface area contributed by atoms with Crippen molar-refractivity contribution in [3.8, 4) is 67.0 Å². The third-order valence-electron chi connectivity index (χ3n) is 11.3. The first-order valence-electron chi connectivity index (χ1n) is 19.8. The molecule has 2 heterocycles. The Hall–Kier alpha value is -7.16. The molecule has 0 fully saturated rings. The van der Waals surface area contributed by atoms with Gasteiger partial charge in [-0.25, -0.2) is 0 Å². The third kappa shape index (κ3) is 6.66. The Morgan fingerprint density at radius 1 is 0.386 bits per heavy atom. The largest absolute Gasteiger partial charge is 0.256 e. The fourth-order valence-electron chi connectivity index (χ4n) is 8.50. The van der Waals surface area contributed by atoms with Gasteiger partial charge in [-0.2, -0.15) is 0 Å². The molecule has 57 heavy (non-hydrogen) atoms. The minimum absolute atomic E-state index is 0.505. The van der Waals surface area contributed by atoms with Crippen molar-refractivity contribution in [1.29, 1.82) is 0 Å². The van der Waals surface area contributed by atoms with Crippen LogP contribution in [0.3, 0.4) is 0 Å². The van der Waals surface area contributed by atoms with E-state index in [1.165, 1.54) is 77.2 Å². The summed E-state index contributed by atoms with van der Waals surface area (Å²) in [4.78, 5) is 9.24. The van der Waals surface area contributed by atoms with E-state index in [0.29, 0.717) is 5.92 Å². The average molecular weight is 729 g/mol. The number of hydrogen-bond acceptors (Lipinski definition) is 2. The summed E-state index contributed by atoms with van der Waals surface area (Å²) in [6, 6.07) is 63.9. The number of hydrogen-bond donors (Lipinski definition) is 0. The second-order valence-electron chi connectivity index (χ2n) is 15.1. The van der Waals surface area contributed by atoms with Crippen molar-refractivity contribution in [1.82, 2.24) is 9.97 Å². The fraction of sp³-hybridized carbons (Fsp3) is 0.0545. The summed E-state index contributed by atoms with van der Waals surface area (Å²) in [5.41, 5.74) is 16.5. The Bertz CT molecular complexity index is 2940. The van der Waals surface area contributed by atoms with Crippen molar-refractivity contribution in [2.75, 3.05) is 0 Å². The Morgan fingerprint density at radius 3 is 1.46 bits per heavy atom. The van der Waals surface area contributed by atoms with Crippen LogP contribution < -0.4 is 0 Å². The Labute approximate surface area is 334 Å². The molecule has 270 valence electrons. The summed E-state index contributed by atoms with van der Waals surface area (Å²) in [5, 5.41) is 4.90. The number of nitrogens with zero attached hydrogens (tertiary/aromatic N) is 2. The highest BCUT2D eigenvalue weighted by Crippen LogP contribution is 2.46. The van der Waals surface area contributed by atoms with E-state index in [4.69, 9.17) is 0 Å². The number of benzene rings is 7. The Morgan fingerprint density at radius 2 is 0.877 bits per heavy atom. The van der Waals surface area contributed by atoms with Crippen molar-refractivity contribution in [2.45, 2.75) is 13.3 Å². The summed E-state index contributed by atoms with van der Waals surface area (Å²) >= 11 is 0. The van der Waals surface area contributed by atoms with Gasteiger partial charge in [0.05, 0.1) is 11.4 Å². The minimum Gasteiger partial charge on any atom is -0.256 e. The highest BCUT2D eigenvalue weighted by molar-refractivity contribution is 6.22. The lowest BCUT2D eigenvalue weighted by Gasteiger charge is -2.20. The van der Waals surface area contributed by atoms with Crippen molar-refractivity contribution in [3.05, 3.63) is 212 Å². The topological polar surface area (TPSA) is 25.8 Å². The van der Waals surface area contributed by atoms with Gasteiger partial charge in [0.15, 0.2) is 0 Å². The average Bonchev–Trinajstić information content (AvgIpc) is 3.29. The molecule has 0 saturated carbocycles. The molecule has 1 unspecified atom stereocenters. The molecule has 0 aliphatic heterocycles. The first-order chi connectivity index (χ1) is 28.2. The summed E-state index contributed by atoms with van der Waals surface area (Å²) in [5.74, 6) is 0.505. The number of aromatic nitrogens is 2. The lowest BCUT2D eigenvalue weighted by molar-refractivity contribution is 0.749. The van der Waals surface area contributed by atoms with E-state index >= 15 is 0 Å². The summed E-state index contributed by atoms with van der Waals surface area (Å²) in [6.45, 7) is 2.30. The van der Waals surface area contributed by atoms with Gasteiger partial charge in [0.1, 0.15) is 0 Å². The van der Waals surface area contributed by atoms with Crippen LogP contribution in [0.25, 0.3) is 94.1 Å². The van der Waals surface area contributed by atoms with E-state index in [1.54, 1.807) is 0 Å². The van der Waals surface area contributed by atoms with E-state index in [9.17, 15) is 0 Å². The first kappa shape index (κ1) is 34.3. The Balaban J connectivity index is 1.21. The van der Waals surface area contributed by atoms with E-state index in [0.717, 1.165) is 28.9 Å². The van der Waals surface area contributed by atoms with Crippen molar-refractivity contribution in [3.63, 3.8) is 0 Å². The van der Waals surface area contributed by atoms with Crippen molar-refractivity contribution in [2.24, 2.45) is 5.92 Å². The molecule has 0 spiro atoms. The molecule has 0 amide bonds. The second kappa shape index (κ2) is 14.8. The van der Waals surface area contributed by atoms with E-state index in [-0.39, 0.29) is 0 Å². The van der Waals surface area contributed by atoms with Crippen molar-refractivity contribution >= 4 is 27.1 Å². The summed E-state index contributed by atoms with van der Waals surface area (Å²) in [6.07, 6.45) is 11.5. The monoisotopic (exact) mass is 728 g/mol. The van der Waals surface area contributed by atoms with Gasteiger partial charge in [-0.1, -0.05) is 153 Å². The van der Waals surface area contributed by atoms with Gasteiger partial charge in [0.25, 0.3) is 0 Å². The number of rotatable bonds is 7. The second-order valence-corrected chi connectivity index (χ2v) is 15.1. The molecule has 0 radical (unpaired) electrons. The SMILES string of the molecule is CC1C=CC=C(c2cc(-c3ccccc3)cc(-c3ccc4c(-c5ccc(-c6ccccn6)cc5)c5ccccc5c(-c5ccc(-c6ccccn6)cc5)c4c3)c2)C1. The molecule has 0 saturated heterocycles. The van der Waals surface area contributed by atoms with Gasteiger partial charge < -0.3 is 0 Å². The summed E-state index contributed by atoms with van der Waals surface area (Å²) in [7, 11) is 0. The zero-order valence-corrected chi connectivity index (χ0v) is 31.8. The quantitative estimate of drug-likeness (QED) is 0.153. The molecule has 10 rings (SSSR count). The predicted molar refractivity (Wildman–Crippen MR) is 241 cm³/mol. The predicted octanol–water partition coefficient (Wildman–Crippen LogP) is 14.8. The minimum atomic E-state index is 0.505. The van der Waals surface area contributed by atoms with Crippen LogP contribution in [0.5, 0.6) is 0 Å². The van der Waals surface area contributed by atoms with Gasteiger partial charge in [-0.15, -0.1) is 0 Å². The molecule has 9 aromatic rings. The standard InChI is InChI=1S/C55H40N2/c1-37-12-11-15-43(32-37)46-33-45(38-13-3-2-4-14-38)34-47(35-46)44-28-29-50-51(36-44)55(42-26-22-40(23-27-42)53-19-8-10-31-57-53)49-17-6-5-16-48(49)54(50)41-24-20-39(21-25-41)52-18-7-9-30-56-52/h2-31,33-37H,32H2,1H3. The highest BCUT2D eigenvalue weighted by atomic mass is 14.7. The van der Waals surface area contributed by atoms with Crippen LogP contribution in [-0.4, -0.2) is 9.97 Å². The maximum absolute atomic E-state index is 4.63. The fourth-order valence-corrected chi connectivity index (χ4v) is 8.50. The van der Waals surface area contributed by atoms with Crippen LogP contribution in [0, 0.1) is 5.92 Å². The van der Waals surface area contributed by atoms with Crippen LogP contribution in [0.2, 0.25) is 0 Å². The molecule has 1 aliphatic rings. The number of pyridine rings is 2. The smallest absolute Gasteiger partial charge is 0.0701 e. The van der Waals surface area contributed by atoms with E-state index in [1.807, 2.05) is 36.7 Å². The third-order valence-corrected chi connectivity index (χ3v) is 11.3. The zero-order chi connectivity index (χ0) is 38.1. The molecule has 0 bridgehead atoms. The lowest BCUT2D eigenvalue weighted by Crippen LogP contribution is -1.98.